The number of rotatable bonds is 7. The first-order valence-corrected chi connectivity index (χ1v) is 14.4. The molecule has 3 aliphatic rings. The van der Waals surface area contributed by atoms with Gasteiger partial charge in [-0.1, -0.05) is 43.2 Å². The molecule has 0 bridgehead atoms. The van der Waals surface area contributed by atoms with Gasteiger partial charge in [0.1, 0.15) is 6.04 Å². The number of benzene rings is 2. The van der Waals surface area contributed by atoms with Gasteiger partial charge in [0.2, 0.25) is 21.8 Å². The third kappa shape index (κ3) is 5.63. The summed E-state index contributed by atoms with van der Waals surface area (Å²) in [7, 11) is -3.95. The molecule has 0 radical (unpaired) electrons. The Morgan fingerprint density at radius 3 is 2.44 bits per heavy atom. The Hall–Kier alpha value is -2.75. The van der Waals surface area contributed by atoms with Gasteiger partial charge in [0.25, 0.3) is 0 Å². The number of hydrogen-bond donors (Lipinski definition) is 2. The standard InChI is InChI=1S/C27H34N4O4S/c32-26-13-10-21-19-23(11-12-24(21)28-26)36(34,35)29-25(18-20-6-2-1-3-7-20)27(33)31-16-14-30(15-17-31)22-8-4-5-9-22/h1-3,6-7,11-12,19,22,25,29H,4-5,8-10,13-18H2,(H,28,32). The summed E-state index contributed by atoms with van der Waals surface area (Å²) in [5.41, 5.74) is 2.32. The molecule has 0 aromatic heterocycles. The van der Waals surface area contributed by atoms with Gasteiger partial charge in [-0.15, -0.1) is 0 Å². The van der Waals surface area contributed by atoms with Gasteiger partial charge >= 0.3 is 0 Å². The maximum Gasteiger partial charge on any atom is 0.241 e. The molecular formula is C27H34N4O4S. The Balaban J connectivity index is 1.33. The minimum Gasteiger partial charge on any atom is -0.339 e. The molecule has 2 aromatic rings. The summed E-state index contributed by atoms with van der Waals surface area (Å²) in [5.74, 6) is -0.253. The van der Waals surface area contributed by atoms with Crippen LogP contribution in [0.2, 0.25) is 0 Å². The Bertz CT molecular complexity index is 1200. The predicted molar refractivity (Wildman–Crippen MR) is 138 cm³/mol. The third-order valence-electron chi connectivity index (χ3n) is 7.63. The van der Waals surface area contributed by atoms with Crippen molar-refractivity contribution in [3.8, 4) is 0 Å². The summed E-state index contributed by atoms with van der Waals surface area (Å²) >= 11 is 0. The minimum absolute atomic E-state index is 0.0715. The van der Waals surface area contributed by atoms with Gasteiger partial charge in [0.15, 0.2) is 0 Å². The average Bonchev–Trinajstić information content (AvgIpc) is 3.43. The van der Waals surface area contributed by atoms with Crippen LogP contribution in [0.4, 0.5) is 5.69 Å². The normalized spacial score (nSPS) is 20.1. The maximum atomic E-state index is 13.6. The van der Waals surface area contributed by atoms with Crippen molar-refractivity contribution in [3.05, 3.63) is 59.7 Å². The van der Waals surface area contributed by atoms with E-state index < -0.39 is 16.1 Å². The lowest BCUT2D eigenvalue weighted by Crippen LogP contribution is -2.56. The van der Waals surface area contributed by atoms with Gasteiger partial charge < -0.3 is 10.2 Å². The van der Waals surface area contributed by atoms with Gasteiger partial charge in [-0.25, -0.2) is 8.42 Å². The fourth-order valence-corrected chi connectivity index (χ4v) is 6.85. The summed E-state index contributed by atoms with van der Waals surface area (Å²) in [5, 5.41) is 2.78. The molecule has 9 heteroatoms. The van der Waals surface area contributed by atoms with Crippen molar-refractivity contribution in [2.24, 2.45) is 0 Å². The van der Waals surface area contributed by atoms with E-state index in [4.69, 9.17) is 0 Å². The Labute approximate surface area is 213 Å². The van der Waals surface area contributed by atoms with Crippen molar-refractivity contribution < 1.29 is 18.0 Å². The van der Waals surface area contributed by atoms with E-state index in [2.05, 4.69) is 14.9 Å². The van der Waals surface area contributed by atoms with Gasteiger partial charge in [0.05, 0.1) is 4.90 Å². The Morgan fingerprint density at radius 2 is 1.72 bits per heavy atom. The van der Waals surface area contributed by atoms with Crippen LogP contribution >= 0.6 is 0 Å². The second kappa shape index (κ2) is 10.7. The molecule has 2 amide bonds. The highest BCUT2D eigenvalue weighted by Crippen LogP contribution is 2.27. The van der Waals surface area contributed by atoms with E-state index in [0.717, 1.165) is 24.2 Å². The lowest BCUT2D eigenvalue weighted by Gasteiger charge is -2.39. The molecule has 2 aromatic carbocycles. The van der Waals surface area contributed by atoms with Gasteiger partial charge in [0, 0.05) is 44.3 Å². The fourth-order valence-electron chi connectivity index (χ4n) is 5.61. The summed E-state index contributed by atoms with van der Waals surface area (Å²) < 4.78 is 29.6. The van der Waals surface area contributed by atoms with Gasteiger partial charge in [-0.2, -0.15) is 4.72 Å². The van der Waals surface area contributed by atoms with Crippen molar-refractivity contribution in [3.63, 3.8) is 0 Å². The Morgan fingerprint density at radius 1 is 1.00 bits per heavy atom. The number of piperazine rings is 1. The first-order valence-electron chi connectivity index (χ1n) is 12.9. The number of carbonyl (C=O) groups is 2. The molecule has 1 aliphatic carbocycles. The van der Waals surface area contributed by atoms with Gasteiger partial charge in [-0.05, 0) is 55.0 Å². The van der Waals surface area contributed by atoms with E-state index in [1.165, 1.54) is 31.7 Å². The Kier molecular flexibility index (Phi) is 7.41. The van der Waals surface area contributed by atoms with Crippen LogP contribution < -0.4 is 10.0 Å². The second-order valence-electron chi connectivity index (χ2n) is 10.0. The fraction of sp³-hybridized carbons (Fsp3) is 0.481. The number of hydrogen-bond acceptors (Lipinski definition) is 5. The highest BCUT2D eigenvalue weighted by Gasteiger charge is 2.33. The number of anilines is 1. The number of nitrogens with zero attached hydrogens (tertiary/aromatic N) is 2. The van der Waals surface area contributed by atoms with Crippen molar-refractivity contribution in [2.45, 2.75) is 61.9 Å². The van der Waals surface area contributed by atoms with Crippen LogP contribution in [0.5, 0.6) is 0 Å². The predicted octanol–water partition coefficient (Wildman–Crippen LogP) is 2.55. The topological polar surface area (TPSA) is 98.8 Å². The number of carbonyl (C=O) groups excluding carboxylic acids is 2. The van der Waals surface area contributed by atoms with Crippen LogP contribution in [-0.4, -0.2) is 68.3 Å². The molecule has 2 fully saturated rings. The second-order valence-corrected chi connectivity index (χ2v) is 11.7. The van der Waals surface area contributed by atoms with Crippen LogP contribution in [0, 0.1) is 0 Å². The maximum absolute atomic E-state index is 13.6. The molecule has 192 valence electrons. The number of sulfonamides is 1. The number of amides is 2. The number of aryl methyl sites for hydroxylation is 1. The molecule has 1 unspecified atom stereocenters. The molecule has 1 saturated carbocycles. The van der Waals surface area contributed by atoms with E-state index in [-0.39, 0.29) is 23.1 Å². The van der Waals surface area contributed by atoms with E-state index in [1.807, 2.05) is 35.2 Å². The van der Waals surface area contributed by atoms with Crippen molar-refractivity contribution in [1.82, 2.24) is 14.5 Å². The van der Waals surface area contributed by atoms with E-state index in [1.54, 1.807) is 12.1 Å². The first-order chi connectivity index (χ1) is 17.4. The molecule has 0 spiro atoms. The number of fused-ring (bicyclic) bond motifs is 1. The molecule has 2 N–H and O–H groups in total. The highest BCUT2D eigenvalue weighted by molar-refractivity contribution is 7.89. The lowest BCUT2D eigenvalue weighted by molar-refractivity contribution is -0.135. The third-order valence-corrected chi connectivity index (χ3v) is 9.10. The van der Waals surface area contributed by atoms with E-state index in [0.29, 0.717) is 37.7 Å². The molecule has 36 heavy (non-hydrogen) atoms. The van der Waals surface area contributed by atoms with Crippen molar-refractivity contribution >= 4 is 27.5 Å². The molecule has 1 atom stereocenters. The van der Waals surface area contributed by atoms with E-state index >= 15 is 0 Å². The molecule has 2 heterocycles. The van der Waals surface area contributed by atoms with Crippen LogP contribution in [0.15, 0.2) is 53.4 Å². The minimum atomic E-state index is -3.95. The molecular weight excluding hydrogens is 476 g/mol. The summed E-state index contributed by atoms with van der Waals surface area (Å²) in [6, 6.07) is 13.9. The summed E-state index contributed by atoms with van der Waals surface area (Å²) in [4.78, 5) is 29.7. The van der Waals surface area contributed by atoms with Crippen molar-refractivity contribution in [2.75, 3.05) is 31.5 Å². The molecule has 5 rings (SSSR count). The number of nitrogens with one attached hydrogen (secondary N) is 2. The van der Waals surface area contributed by atoms with Crippen LogP contribution in [-0.2, 0) is 32.5 Å². The monoisotopic (exact) mass is 510 g/mol. The van der Waals surface area contributed by atoms with Gasteiger partial charge in [-0.3, -0.25) is 14.5 Å². The molecule has 2 aliphatic heterocycles. The highest BCUT2D eigenvalue weighted by atomic mass is 32.2. The lowest BCUT2D eigenvalue weighted by atomic mass is 10.0. The van der Waals surface area contributed by atoms with Crippen LogP contribution in [0.1, 0.15) is 43.2 Å². The zero-order valence-electron chi connectivity index (χ0n) is 20.5. The summed E-state index contributed by atoms with van der Waals surface area (Å²) in [6.45, 7) is 2.89. The SMILES string of the molecule is O=C1CCc2cc(S(=O)(=O)NC(Cc3ccccc3)C(=O)N3CCN(C4CCCC4)CC3)ccc2N1. The zero-order valence-corrected chi connectivity index (χ0v) is 21.3. The first kappa shape index (κ1) is 24.9. The smallest absolute Gasteiger partial charge is 0.241 e. The van der Waals surface area contributed by atoms with E-state index in [9.17, 15) is 18.0 Å². The molecule has 8 nitrogen and oxygen atoms in total. The van der Waals surface area contributed by atoms with Crippen molar-refractivity contribution in [1.29, 1.82) is 0 Å². The average molecular weight is 511 g/mol. The quantitative estimate of drug-likeness (QED) is 0.597. The largest absolute Gasteiger partial charge is 0.339 e. The summed E-state index contributed by atoms with van der Waals surface area (Å²) in [6.07, 6.45) is 6.11. The van der Waals surface area contributed by atoms with Crippen LogP contribution in [0.25, 0.3) is 0 Å². The zero-order chi connectivity index (χ0) is 25.1. The van der Waals surface area contributed by atoms with Crippen LogP contribution in [0.3, 0.4) is 0 Å². The molecule has 1 saturated heterocycles.